The highest BCUT2D eigenvalue weighted by Crippen LogP contribution is 2.18. The zero-order valence-corrected chi connectivity index (χ0v) is 9.19. The molecule has 0 fully saturated rings. The Bertz CT molecular complexity index is 91.0. The van der Waals surface area contributed by atoms with Crippen molar-refractivity contribution in [3.63, 3.8) is 0 Å². The summed E-state index contributed by atoms with van der Waals surface area (Å²) in [7, 11) is 2.05. The second kappa shape index (κ2) is 7.60. The number of hydrogen-bond donors (Lipinski definition) is 1. The van der Waals surface area contributed by atoms with Gasteiger partial charge >= 0.3 is 0 Å². The van der Waals surface area contributed by atoms with Crippen LogP contribution in [-0.2, 0) is 0 Å². The molecule has 0 rings (SSSR count). The summed E-state index contributed by atoms with van der Waals surface area (Å²) < 4.78 is 0. The molecule has 0 bridgehead atoms. The van der Waals surface area contributed by atoms with E-state index in [0.717, 1.165) is 11.8 Å². The molecule has 2 atom stereocenters. The van der Waals surface area contributed by atoms with Gasteiger partial charge in [0.15, 0.2) is 0 Å². The standard InChI is InChI=1S/C11H25N/c1-5-7-10(3)8-11(6-2)9-12-4/h10-12H,5-9H2,1-4H3. The Hall–Kier alpha value is -0.0400. The number of nitrogens with one attached hydrogen (secondary N) is 1. The Morgan fingerprint density at radius 2 is 1.92 bits per heavy atom. The van der Waals surface area contributed by atoms with Gasteiger partial charge in [0.2, 0.25) is 0 Å². The Morgan fingerprint density at radius 3 is 2.33 bits per heavy atom. The lowest BCUT2D eigenvalue weighted by molar-refractivity contribution is 0.355. The minimum absolute atomic E-state index is 0.886. The molecular formula is C11H25N. The molecule has 12 heavy (non-hydrogen) atoms. The summed E-state index contributed by atoms with van der Waals surface area (Å²) in [4.78, 5) is 0. The van der Waals surface area contributed by atoms with Crippen molar-refractivity contribution in [3.8, 4) is 0 Å². The summed E-state index contributed by atoms with van der Waals surface area (Å²) >= 11 is 0. The van der Waals surface area contributed by atoms with E-state index >= 15 is 0 Å². The lowest BCUT2D eigenvalue weighted by Gasteiger charge is -2.18. The fraction of sp³-hybridized carbons (Fsp3) is 1.00. The van der Waals surface area contributed by atoms with E-state index in [9.17, 15) is 0 Å². The predicted molar refractivity (Wildman–Crippen MR) is 56.4 cm³/mol. The maximum absolute atomic E-state index is 3.27. The highest BCUT2D eigenvalue weighted by molar-refractivity contribution is 4.63. The molecule has 0 aromatic heterocycles. The Balaban J connectivity index is 3.53. The Kier molecular flexibility index (Phi) is 7.58. The van der Waals surface area contributed by atoms with Gasteiger partial charge in [-0.15, -0.1) is 0 Å². The van der Waals surface area contributed by atoms with Crippen LogP contribution in [0.1, 0.15) is 46.5 Å². The number of rotatable bonds is 7. The van der Waals surface area contributed by atoms with E-state index < -0.39 is 0 Å². The molecule has 0 aliphatic heterocycles. The second-order valence-electron chi connectivity index (χ2n) is 3.96. The predicted octanol–water partition coefficient (Wildman–Crippen LogP) is 3.06. The first-order valence-corrected chi connectivity index (χ1v) is 5.39. The average molecular weight is 171 g/mol. The molecule has 0 aliphatic rings. The van der Waals surface area contributed by atoms with Gasteiger partial charge in [-0.3, -0.25) is 0 Å². The van der Waals surface area contributed by atoms with E-state index in [-0.39, 0.29) is 0 Å². The van der Waals surface area contributed by atoms with Gasteiger partial charge in [0.25, 0.3) is 0 Å². The fourth-order valence-corrected chi connectivity index (χ4v) is 1.86. The molecule has 0 aromatic rings. The summed E-state index contributed by atoms with van der Waals surface area (Å²) in [6.45, 7) is 8.13. The SMILES string of the molecule is CCCC(C)CC(CC)CNC. The highest BCUT2D eigenvalue weighted by atomic mass is 14.8. The van der Waals surface area contributed by atoms with Gasteiger partial charge in [-0.2, -0.15) is 0 Å². The third-order valence-electron chi connectivity index (χ3n) is 2.59. The van der Waals surface area contributed by atoms with Crippen LogP contribution in [0.25, 0.3) is 0 Å². The van der Waals surface area contributed by atoms with Crippen molar-refractivity contribution < 1.29 is 0 Å². The molecule has 74 valence electrons. The van der Waals surface area contributed by atoms with Crippen LogP contribution >= 0.6 is 0 Å². The molecule has 2 unspecified atom stereocenters. The summed E-state index contributed by atoms with van der Waals surface area (Å²) in [5.74, 6) is 1.80. The lowest BCUT2D eigenvalue weighted by atomic mass is 9.91. The third kappa shape index (κ3) is 5.59. The van der Waals surface area contributed by atoms with Crippen molar-refractivity contribution in [1.82, 2.24) is 5.32 Å². The third-order valence-corrected chi connectivity index (χ3v) is 2.59. The summed E-state index contributed by atoms with van der Waals surface area (Å²) in [5, 5.41) is 3.27. The van der Waals surface area contributed by atoms with Gasteiger partial charge in [-0.25, -0.2) is 0 Å². The van der Waals surface area contributed by atoms with Gasteiger partial charge in [-0.1, -0.05) is 40.0 Å². The van der Waals surface area contributed by atoms with Crippen LogP contribution in [0.5, 0.6) is 0 Å². The second-order valence-corrected chi connectivity index (χ2v) is 3.96. The molecule has 1 nitrogen and oxygen atoms in total. The zero-order chi connectivity index (χ0) is 9.40. The van der Waals surface area contributed by atoms with E-state index in [0.29, 0.717) is 0 Å². The zero-order valence-electron chi connectivity index (χ0n) is 9.19. The van der Waals surface area contributed by atoms with Crippen molar-refractivity contribution >= 4 is 0 Å². The molecule has 0 spiro atoms. The highest BCUT2D eigenvalue weighted by Gasteiger charge is 2.09. The summed E-state index contributed by atoms with van der Waals surface area (Å²) in [5.41, 5.74) is 0. The molecule has 0 amide bonds. The first kappa shape index (κ1) is 12.0. The van der Waals surface area contributed by atoms with Crippen LogP contribution in [0, 0.1) is 11.8 Å². The van der Waals surface area contributed by atoms with Gasteiger partial charge in [-0.05, 0) is 31.8 Å². The van der Waals surface area contributed by atoms with Gasteiger partial charge in [0.1, 0.15) is 0 Å². The average Bonchev–Trinajstić information content (AvgIpc) is 2.04. The molecule has 0 saturated heterocycles. The van der Waals surface area contributed by atoms with Crippen LogP contribution < -0.4 is 5.32 Å². The van der Waals surface area contributed by atoms with Crippen molar-refractivity contribution in [2.24, 2.45) is 11.8 Å². The molecule has 0 radical (unpaired) electrons. The minimum Gasteiger partial charge on any atom is -0.319 e. The molecule has 0 aromatic carbocycles. The molecule has 0 saturated carbocycles. The van der Waals surface area contributed by atoms with Crippen molar-refractivity contribution in [1.29, 1.82) is 0 Å². The first-order valence-electron chi connectivity index (χ1n) is 5.39. The van der Waals surface area contributed by atoms with E-state index in [2.05, 4.69) is 26.1 Å². The Labute approximate surface area is 77.9 Å². The van der Waals surface area contributed by atoms with Crippen molar-refractivity contribution in [3.05, 3.63) is 0 Å². The van der Waals surface area contributed by atoms with E-state index in [1.54, 1.807) is 0 Å². The normalized spacial score (nSPS) is 16.0. The van der Waals surface area contributed by atoms with Crippen LogP contribution in [0.4, 0.5) is 0 Å². The van der Waals surface area contributed by atoms with Crippen LogP contribution in [0.15, 0.2) is 0 Å². The molecule has 0 heterocycles. The maximum atomic E-state index is 3.27. The minimum atomic E-state index is 0.886. The Morgan fingerprint density at radius 1 is 1.25 bits per heavy atom. The van der Waals surface area contributed by atoms with Gasteiger partial charge < -0.3 is 5.32 Å². The summed E-state index contributed by atoms with van der Waals surface area (Å²) in [6.07, 6.45) is 5.43. The first-order chi connectivity index (χ1) is 5.74. The van der Waals surface area contributed by atoms with Crippen molar-refractivity contribution in [2.75, 3.05) is 13.6 Å². The van der Waals surface area contributed by atoms with Crippen LogP contribution in [0.2, 0.25) is 0 Å². The van der Waals surface area contributed by atoms with E-state index in [1.807, 2.05) is 7.05 Å². The molecule has 1 heteroatoms. The molecule has 1 N–H and O–H groups in total. The lowest BCUT2D eigenvalue weighted by Crippen LogP contribution is -2.20. The fourth-order valence-electron chi connectivity index (χ4n) is 1.86. The van der Waals surface area contributed by atoms with Crippen LogP contribution in [-0.4, -0.2) is 13.6 Å². The van der Waals surface area contributed by atoms with E-state index in [4.69, 9.17) is 0 Å². The van der Waals surface area contributed by atoms with E-state index in [1.165, 1.54) is 32.2 Å². The van der Waals surface area contributed by atoms with Gasteiger partial charge in [0, 0.05) is 0 Å². The van der Waals surface area contributed by atoms with Gasteiger partial charge in [0.05, 0.1) is 0 Å². The quantitative estimate of drug-likeness (QED) is 0.621. The topological polar surface area (TPSA) is 12.0 Å². The smallest absolute Gasteiger partial charge is 0.00235 e. The maximum Gasteiger partial charge on any atom is -0.00235 e. The summed E-state index contributed by atoms with van der Waals surface area (Å²) in [6, 6.07) is 0. The largest absolute Gasteiger partial charge is 0.319 e. The monoisotopic (exact) mass is 171 g/mol. The van der Waals surface area contributed by atoms with Crippen molar-refractivity contribution in [2.45, 2.75) is 46.5 Å². The molecular weight excluding hydrogens is 146 g/mol. The number of hydrogen-bond acceptors (Lipinski definition) is 1. The molecule has 0 aliphatic carbocycles. The van der Waals surface area contributed by atoms with Crippen LogP contribution in [0.3, 0.4) is 0 Å².